The summed E-state index contributed by atoms with van der Waals surface area (Å²) in [6.07, 6.45) is 0. The van der Waals surface area contributed by atoms with Gasteiger partial charge < -0.3 is 10.5 Å². The van der Waals surface area contributed by atoms with E-state index in [9.17, 15) is 0 Å². The minimum Gasteiger partial charge on any atom is -0.497 e. The highest BCUT2D eigenvalue weighted by molar-refractivity contribution is 6.32. The highest BCUT2D eigenvalue weighted by Gasteiger charge is 2.09. The van der Waals surface area contributed by atoms with Crippen LogP contribution in [-0.4, -0.2) is 21.9 Å². The Morgan fingerprint density at radius 3 is 2.69 bits per heavy atom. The van der Waals surface area contributed by atoms with Crippen LogP contribution in [0.4, 0.5) is 5.95 Å². The van der Waals surface area contributed by atoms with Crippen LogP contribution >= 0.6 is 11.6 Å². The molecule has 0 aliphatic rings. The average molecular weight is 239 g/mol. The van der Waals surface area contributed by atoms with Gasteiger partial charge in [0.2, 0.25) is 5.95 Å². The normalized spacial score (nSPS) is 10.4. The second-order valence-corrected chi connectivity index (χ2v) is 3.65. The van der Waals surface area contributed by atoms with E-state index in [-0.39, 0.29) is 5.95 Å². The number of halogens is 1. The SMILES string of the molecule is COc1ccc(-n2nc(N)nc2C)c(Cl)c1. The van der Waals surface area contributed by atoms with Crippen LogP contribution in [0.15, 0.2) is 18.2 Å². The minimum atomic E-state index is 0.226. The van der Waals surface area contributed by atoms with Gasteiger partial charge in [-0.2, -0.15) is 4.98 Å². The molecule has 0 aliphatic carbocycles. The average Bonchev–Trinajstić information content (AvgIpc) is 2.57. The van der Waals surface area contributed by atoms with Gasteiger partial charge in [0.1, 0.15) is 11.6 Å². The van der Waals surface area contributed by atoms with E-state index < -0.39 is 0 Å². The van der Waals surface area contributed by atoms with E-state index in [2.05, 4.69) is 10.1 Å². The summed E-state index contributed by atoms with van der Waals surface area (Å²) in [6.45, 7) is 1.81. The first kappa shape index (κ1) is 10.8. The Balaban J connectivity index is 2.52. The largest absolute Gasteiger partial charge is 0.497 e. The van der Waals surface area contributed by atoms with Gasteiger partial charge in [-0.25, -0.2) is 4.68 Å². The highest BCUT2D eigenvalue weighted by atomic mass is 35.5. The molecule has 1 heterocycles. The molecule has 1 aromatic heterocycles. The standard InChI is InChI=1S/C10H11ClN4O/c1-6-13-10(12)14-15(6)9-4-3-7(16-2)5-8(9)11/h3-5H,1-2H3,(H2,12,14). The van der Waals surface area contributed by atoms with E-state index in [0.717, 1.165) is 5.69 Å². The number of hydrogen-bond acceptors (Lipinski definition) is 4. The van der Waals surface area contributed by atoms with Crippen LogP contribution in [0.1, 0.15) is 5.82 Å². The molecule has 5 nitrogen and oxygen atoms in total. The molecule has 0 bridgehead atoms. The van der Waals surface area contributed by atoms with E-state index in [4.69, 9.17) is 22.1 Å². The van der Waals surface area contributed by atoms with Crippen LogP contribution in [0.3, 0.4) is 0 Å². The summed E-state index contributed by atoms with van der Waals surface area (Å²) in [4.78, 5) is 4.01. The van der Waals surface area contributed by atoms with E-state index in [1.54, 1.807) is 23.9 Å². The van der Waals surface area contributed by atoms with Crippen molar-refractivity contribution in [1.82, 2.24) is 14.8 Å². The fourth-order valence-electron chi connectivity index (χ4n) is 1.42. The summed E-state index contributed by atoms with van der Waals surface area (Å²) in [6, 6.07) is 5.33. The third-order valence-corrected chi connectivity index (χ3v) is 2.47. The first-order valence-electron chi connectivity index (χ1n) is 4.65. The van der Waals surface area contributed by atoms with Gasteiger partial charge in [0.05, 0.1) is 17.8 Å². The van der Waals surface area contributed by atoms with Crippen molar-refractivity contribution in [2.75, 3.05) is 12.8 Å². The van der Waals surface area contributed by atoms with Crippen LogP contribution < -0.4 is 10.5 Å². The molecule has 0 saturated carbocycles. The van der Waals surface area contributed by atoms with Crippen molar-refractivity contribution in [3.63, 3.8) is 0 Å². The van der Waals surface area contributed by atoms with Gasteiger partial charge in [0.15, 0.2) is 0 Å². The topological polar surface area (TPSA) is 66.0 Å². The van der Waals surface area contributed by atoms with Crippen LogP contribution in [0, 0.1) is 6.92 Å². The summed E-state index contributed by atoms with van der Waals surface area (Å²) < 4.78 is 6.66. The number of aromatic nitrogens is 3. The molecule has 16 heavy (non-hydrogen) atoms. The molecule has 0 aliphatic heterocycles. The lowest BCUT2D eigenvalue weighted by Gasteiger charge is -2.07. The molecule has 84 valence electrons. The van der Waals surface area contributed by atoms with Gasteiger partial charge >= 0.3 is 0 Å². The predicted molar refractivity (Wildman–Crippen MR) is 62.1 cm³/mol. The smallest absolute Gasteiger partial charge is 0.240 e. The molecule has 0 radical (unpaired) electrons. The molecule has 6 heteroatoms. The maximum Gasteiger partial charge on any atom is 0.240 e. The Hall–Kier alpha value is -1.75. The minimum absolute atomic E-state index is 0.226. The van der Waals surface area contributed by atoms with Crippen molar-refractivity contribution in [2.24, 2.45) is 0 Å². The molecule has 0 spiro atoms. The first-order valence-corrected chi connectivity index (χ1v) is 5.02. The number of nitrogens with zero attached hydrogens (tertiary/aromatic N) is 3. The first-order chi connectivity index (χ1) is 7.61. The van der Waals surface area contributed by atoms with Gasteiger partial charge in [-0.1, -0.05) is 11.6 Å². The second kappa shape index (κ2) is 4.02. The number of anilines is 1. The van der Waals surface area contributed by atoms with Crippen molar-refractivity contribution in [3.05, 3.63) is 29.0 Å². The quantitative estimate of drug-likeness (QED) is 0.867. The van der Waals surface area contributed by atoms with Gasteiger partial charge in [0, 0.05) is 6.07 Å². The van der Waals surface area contributed by atoms with Gasteiger partial charge in [-0.05, 0) is 19.1 Å². The number of aryl methyl sites for hydroxylation is 1. The number of nitrogen functional groups attached to an aromatic ring is 1. The van der Waals surface area contributed by atoms with Crippen LogP contribution in [0.2, 0.25) is 5.02 Å². The van der Waals surface area contributed by atoms with E-state index in [1.165, 1.54) is 0 Å². The summed E-state index contributed by atoms with van der Waals surface area (Å²) >= 11 is 6.11. The summed E-state index contributed by atoms with van der Waals surface area (Å²) in [7, 11) is 1.59. The zero-order valence-electron chi connectivity index (χ0n) is 8.94. The van der Waals surface area contributed by atoms with Gasteiger partial charge in [-0.3, -0.25) is 0 Å². The van der Waals surface area contributed by atoms with E-state index in [1.807, 2.05) is 13.0 Å². The van der Waals surface area contributed by atoms with Crippen LogP contribution in [0.25, 0.3) is 5.69 Å². The number of nitrogens with two attached hydrogens (primary N) is 1. The monoisotopic (exact) mass is 238 g/mol. The number of rotatable bonds is 2. The van der Waals surface area contributed by atoms with Gasteiger partial charge in [0.25, 0.3) is 0 Å². The maximum absolute atomic E-state index is 6.11. The molecule has 0 fully saturated rings. The molecule has 2 aromatic rings. The van der Waals surface area contributed by atoms with Crippen molar-refractivity contribution < 1.29 is 4.74 Å². The molecule has 0 amide bonds. The molecule has 2 rings (SSSR count). The lowest BCUT2D eigenvalue weighted by Crippen LogP contribution is -2.00. The Morgan fingerprint density at radius 2 is 2.19 bits per heavy atom. The lowest BCUT2D eigenvalue weighted by molar-refractivity contribution is 0.414. The summed E-state index contributed by atoms with van der Waals surface area (Å²) in [5.74, 6) is 1.61. The van der Waals surface area contributed by atoms with Crippen LogP contribution in [0.5, 0.6) is 5.75 Å². The Bertz CT molecular complexity index is 524. The summed E-state index contributed by atoms with van der Waals surface area (Å²) in [5.41, 5.74) is 6.24. The molecular formula is C10H11ClN4O. The third-order valence-electron chi connectivity index (χ3n) is 2.17. The molecule has 1 aromatic carbocycles. The number of benzene rings is 1. The molecule has 0 atom stereocenters. The van der Waals surface area contributed by atoms with Crippen molar-refractivity contribution in [3.8, 4) is 11.4 Å². The maximum atomic E-state index is 6.11. The zero-order chi connectivity index (χ0) is 11.7. The molecule has 0 saturated heterocycles. The van der Waals surface area contributed by atoms with Crippen molar-refractivity contribution in [2.45, 2.75) is 6.92 Å². The third kappa shape index (κ3) is 1.81. The lowest BCUT2D eigenvalue weighted by atomic mass is 10.3. The van der Waals surface area contributed by atoms with Crippen molar-refractivity contribution >= 4 is 17.5 Å². The number of ether oxygens (including phenoxy) is 1. The fourth-order valence-corrected chi connectivity index (χ4v) is 1.68. The Kier molecular flexibility index (Phi) is 2.70. The zero-order valence-corrected chi connectivity index (χ0v) is 9.69. The number of hydrogen-bond donors (Lipinski definition) is 1. The molecular weight excluding hydrogens is 228 g/mol. The van der Waals surface area contributed by atoms with Crippen LogP contribution in [-0.2, 0) is 0 Å². The summed E-state index contributed by atoms with van der Waals surface area (Å²) in [5, 5.41) is 4.59. The predicted octanol–water partition coefficient (Wildman–Crippen LogP) is 1.82. The number of methoxy groups -OCH3 is 1. The van der Waals surface area contributed by atoms with Gasteiger partial charge in [-0.15, -0.1) is 5.10 Å². The molecule has 0 unspecified atom stereocenters. The Labute approximate surface area is 97.8 Å². The highest BCUT2D eigenvalue weighted by Crippen LogP contribution is 2.25. The fraction of sp³-hybridized carbons (Fsp3) is 0.200. The second-order valence-electron chi connectivity index (χ2n) is 3.25. The molecule has 2 N–H and O–H groups in total. The van der Waals surface area contributed by atoms with E-state index in [0.29, 0.717) is 16.6 Å². The van der Waals surface area contributed by atoms with E-state index >= 15 is 0 Å². The Morgan fingerprint density at radius 1 is 1.44 bits per heavy atom. The van der Waals surface area contributed by atoms with Crippen molar-refractivity contribution in [1.29, 1.82) is 0 Å².